The predicted molar refractivity (Wildman–Crippen MR) is 383 cm³/mol. The Morgan fingerprint density at radius 3 is 0.603 bits per heavy atom. The van der Waals surface area contributed by atoms with E-state index in [2.05, 4.69) is 249 Å². The summed E-state index contributed by atoms with van der Waals surface area (Å²) >= 11 is 0. The van der Waals surface area contributed by atoms with Crippen LogP contribution in [0.5, 0.6) is 0 Å². The Labute approximate surface area is 509 Å². The molecule has 0 radical (unpaired) electrons. The minimum Gasteiger partial charge on any atom is -0.0656 e. The fourth-order valence-electron chi connectivity index (χ4n) is 6.56. The highest BCUT2D eigenvalue weighted by Crippen LogP contribution is 2.36. The molecule has 0 heterocycles. The summed E-state index contributed by atoms with van der Waals surface area (Å²) in [6.07, 6.45) is 43.2. The summed E-state index contributed by atoms with van der Waals surface area (Å²) in [5, 5.41) is 0. The van der Waals surface area contributed by atoms with Gasteiger partial charge in [0.05, 0.1) is 0 Å². The standard InChI is InChI=1S/2C8H16.C7H14.4C6H14.4C5H12.2C4H10.C3H8/c1-7-3-5-8(2)6-4-7;1-8(2)6-4-3-5-7-8;1-7(2)5-3-4-6-7;2*1-4-5-6(2)3;1-4-6(3)5-2;1-3-5-6-4-2;1-5(2,3)4;2*1-4-5(2)3;1-3-5-4-2;1-4(2)3;1-3-4-2;1-3-2/h7-8H,3-6H2,1-2H3;3-7H2,1-2H3;3-6H2,1-2H3;3*6H,4-5H2,1-3H3;3-6H2,1-2H3;1-4H3;2*5H,4H2,1-3H3;3-5H2,1-2H3;4H,1-3H3;3-4H2,1-2H3;3H2,1-2H3. The van der Waals surface area contributed by atoms with Crippen LogP contribution in [0.4, 0.5) is 0 Å². The van der Waals surface area contributed by atoms with Crippen molar-refractivity contribution in [1.29, 1.82) is 0 Å². The molecule has 490 valence electrons. The smallest absolute Gasteiger partial charge is 0.0354 e. The van der Waals surface area contributed by atoms with Crippen molar-refractivity contribution in [1.82, 2.24) is 0 Å². The molecule has 0 unspecified atom stereocenters. The second-order valence-corrected chi connectivity index (χ2v) is 29.9. The first-order valence-electron chi connectivity index (χ1n) is 36.0. The molecule has 3 saturated carbocycles. The van der Waals surface area contributed by atoms with Crippen LogP contribution < -0.4 is 0 Å². The van der Waals surface area contributed by atoms with Crippen LogP contribution in [0.1, 0.15) is 448 Å². The lowest BCUT2D eigenvalue weighted by atomic mass is 9.78. The van der Waals surface area contributed by atoms with Gasteiger partial charge in [-0.15, -0.1) is 0 Å². The molecule has 3 fully saturated rings. The number of hydrogen-bond acceptors (Lipinski definition) is 0. The Balaban J connectivity index is -0.0000000694. The highest BCUT2D eigenvalue weighted by Gasteiger charge is 2.22. The minimum absolute atomic E-state index is 0.500. The minimum atomic E-state index is 0.500. The molecule has 0 atom stereocenters. The van der Waals surface area contributed by atoms with Crippen molar-refractivity contribution in [3.05, 3.63) is 0 Å². The molecular formula is C78H178. The fourth-order valence-corrected chi connectivity index (χ4v) is 6.56. The molecule has 0 heteroatoms. The average Bonchev–Trinajstić information content (AvgIpc) is 3.76. The molecule has 0 aromatic carbocycles. The van der Waals surface area contributed by atoms with E-state index < -0.39 is 0 Å². The number of unbranched alkanes of at least 4 members (excludes halogenated alkanes) is 6. The third-order valence-electron chi connectivity index (χ3n) is 13.4. The van der Waals surface area contributed by atoms with Gasteiger partial charge in [0.1, 0.15) is 0 Å². The summed E-state index contributed by atoms with van der Waals surface area (Å²) in [7, 11) is 0. The maximum absolute atomic E-state index is 2.38. The van der Waals surface area contributed by atoms with E-state index >= 15 is 0 Å². The molecule has 0 aromatic rings. The van der Waals surface area contributed by atoms with Crippen molar-refractivity contribution in [2.24, 2.45) is 63.6 Å². The Bertz CT molecular complexity index is 803. The van der Waals surface area contributed by atoms with E-state index in [4.69, 9.17) is 0 Å². The molecule has 78 heavy (non-hydrogen) atoms. The molecule has 3 aliphatic carbocycles. The van der Waals surface area contributed by atoms with Crippen LogP contribution in [0.25, 0.3) is 0 Å². The van der Waals surface area contributed by atoms with Crippen molar-refractivity contribution in [3.8, 4) is 0 Å². The second-order valence-electron chi connectivity index (χ2n) is 29.9. The maximum atomic E-state index is 2.38. The SMILES string of the molecule is CC(C)(C)C.CC(C)C.CC1(C)CCCC1.CC1(C)CCCCC1.CC1CCC(C)CC1.CCC.CCC(C)C.CCC(C)C.CCC(C)CC.CCCC.CCCC(C)C.CCCC(C)C.CCCCC.CCCCCC. The third kappa shape index (κ3) is 178. The molecule has 0 aromatic heterocycles. The third-order valence-corrected chi connectivity index (χ3v) is 13.4. The molecule has 0 spiro atoms. The van der Waals surface area contributed by atoms with Crippen molar-refractivity contribution in [2.45, 2.75) is 448 Å². The summed E-state index contributed by atoms with van der Waals surface area (Å²) in [5.41, 5.74) is 1.87. The Hall–Kier alpha value is 0. The maximum Gasteiger partial charge on any atom is -0.0354 e. The van der Waals surface area contributed by atoms with E-state index in [1.165, 1.54) is 199 Å². The first kappa shape index (κ1) is 103. The first-order valence-corrected chi connectivity index (χ1v) is 36.0. The van der Waals surface area contributed by atoms with Crippen LogP contribution in [0, 0.1) is 63.6 Å². The zero-order chi connectivity index (χ0) is 64.0. The Morgan fingerprint density at radius 2 is 0.538 bits per heavy atom. The molecular weight excluding hydrogens is 937 g/mol. The number of hydrogen-bond donors (Lipinski definition) is 0. The highest BCUT2D eigenvalue weighted by molar-refractivity contribution is 4.74. The molecule has 0 nitrogen and oxygen atoms in total. The highest BCUT2D eigenvalue weighted by atomic mass is 14.3. The van der Waals surface area contributed by atoms with Crippen molar-refractivity contribution < 1.29 is 0 Å². The Kier molecular flexibility index (Phi) is 110. The first-order chi connectivity index (χ1) is 36.0. The molecule has 0 saturated heterocycles. The summed E-state index contributed by atoms with van der Waals surface area (Å²) in [5.74, 6) is 7.37. The van der Waals surface area contributed by atoms with E-state index in [1.807, 2.05) is 0 Å². The molecule has 0 N–H and O–H groups in total. The van der Waals surface area contributed by atoms with Crippen molar-refractivity contribution in [2.75, 3.05) is 0 Å². The molecule has 3 rings (SSSR count). The molecule has 0 bridgehead atoms. The van der Waals surface area contributed by atoms with Crippen LogP contribution in [0.2, 0.25) is 0 Å². The van der Waals surface area contributed by atoms with Gasteiger partial charge in [0, 0.05) is 0 Å². The van der Waals surface area contributed by atoms with Gasteiger partial charge in [-0.2, -0.15) is 0 Å². The van der Waals surface area contributed by atoms with Crippen LogP contribution in [0.15, 0.2) is 0 Å². The van der Waals surface area contributed by atoms with E-state index in [0.717, 1.165) is 47.3 Å². The van der Waals surface area contributed by atoms with Gasteiger partial charge in [0.25, 0.3) is 0 Å². The number of rotatable bonds is 14. The van der Waals surface area contributed by atoms with Crippen LogP contribution in [-0.2, 0) is 0 Å². The molecule has 0 amide bonds. The summed E-state index contributed by atoms with van der Waals surface area (Å²) in [4.78, 5) is 0. The summed E-state index contributed by atoms with van der Waals surface area (Å²) in [6.45, 7) is 80.5. The van der Waals surface area contributed by atoms with Gasteiger partial charge in [-0.1, -0.05) is 423 Å². The summed E-state index contributed by atoms with van der Waals surface area (Å²) < 4.78 is 0. The fraction of sp³-hybridized carbons (Fsp3) is 1.00. The summed E-state index contributed by atoms with van der Waals surface area (Å²) in [6, 6.07) is 0. The van der Waals surface area contributed by atoms with E-state index in [-0.39, 0.29) is 0 Å². The van der Waals surface area contributed by atoms with E-state index in [0.29, 0.717) is 16.2 Å². The quantitative estimate of drug-likeness (QED) is 0.152. The normalized spacial score (nSPS) is 16.1. The lowest BCUT2D eigenvalue weighted by molar-refractivity contribution is 0.244. The largest absolute Gasteiger partial charge is 0.0656 e. The van der Waals surface area contributed by atoms with E-state index in [1.54, 1.807) is 0 Å². The zero-order valence-electron chi connectivity index (χ0n) is 64.0. The lowest BCUT2D eigenvalue weighted by Crippen LogP contribution is -2.14. The van der Waals surface area contributed by atoms with Gasteiger partial charge in [0.2, 0.25) is 0 Å². The van der Waals surface area contributed by atoms with Gasteiger partial charge in [-0.3, -0.25) is 0 Å². The lowest BCUT2D eigenvalue weighted by Gasteiger charge is -2.28. The molecule has 3 aliphatic rings. The van der Waals surface area contributed by atoms with E-state index in [9.17, 15) is 0 Å². The van der Waals surface area contributed by atoms with Gasteiger partial charge >= 0.3 is 0 Å². The van der Waals surface area contributed by atoms with Crippen LogP contribution >= 0.6 is 0 Å². The van der Waals surface area contributed by atoms with Gasteiger partial charge < -0.3 is 0 Å². The predicted octanol–water partition coefficient (Wildman–Crippen LogP) is 31.5. The van der Waals surface area contributed by atoms with Gasteiger partial charge in [-0.05, 0) is 89.3 Å². The van der Waals surface area contributed by atoms with Crippen molar-refractivity contribution in [3.63, 3.8) is 0 Å². The zero-order valence-corrected chi connectivity index (χ0v) is 64.0. The van der Waals surface area contributed by atoms with Gasteiger partial charge in [0.15, 0.2) is 0 Å². The monoisotopic (exact) mass is 1120 g/mol. The van der Waals surface area contributed by atoms with Gasteiger partial charge in [-0.25, -0.2) is 0 Å². The molecule has 0 aliphatic heterocycles. The second kappa shape index (κ2) is 83.5. The average molecular weight is 1120 g/mol. The van der Waals surface area contributed by atoms with Crippen molar-refractivity contribution >= 4 is 0 Å². The Morgan fingerprint density at radius 1 is 0.333 bits per heavy atom. The topological polar surface area (TPSA) is 0 Å². The van der Waals surface area contributed by atoms with Crippen LogP contribution in [-0.4, -0.2) is 0 Å². The van der Waals surface area contributed by atoms with Crippen LogP contribution in [0.3, 0.4) is 0 Å².